The Morgan fingerprint density at radius 1 is 1.41 bits per heavy atom. The van der Waals surface area contributed by atoms with Crippen molar-refractivity contribution in [1.82, 2.24) is 4.72 Å². The molecule has 0 bridgehead atoms. The highest BCUT2D eigenvalue weighted by Crippen LogP contribution is 2.29. The number of hydrogen-bond acceptors (Lipinski definition) is 3. The summed E-state index contributed by atoms with van der Waals surface area (Å²) in [6.07, 6.45) is 2.21. The molecular weight excluding hydrogens is 306 g/mol. The van der Waals surface area contributed by atoms with Crippen molar-refractivity contribution in [2.75, 3.05) is 6.54 Å². The van der Waals surface area contributed by atoms with Crippen molar-refractivity contribution in [2.24, 2.45) is 5.92 Å². The lowest BCUT2D eigenvalue weighted by molar-refractivity contribution is 0.281. The van der Waals surface area contributed by atoms with Crippen molar-refractivity contribution in [1.29, 1.82) is 0 Å². The minimum Gasteiger partial charge on any atom is -0.392 e. The van der Waals surface area contributed by atoms with Gasteiger partial charge in [-0.15, -0.1) is 0 Å². The van der Waals surface area contributed by atoms with E-state index in [2.05, 4.69) is 20.7 Å². The second-order valence-electron chi connectivity index (χ2n) is 4.22. The molecule has 0 amide bonds. The van der Waals surface area contributed by atoms with Crippen LogP contribution in [-0.4, -0.2) is 20.1 Å². The van der Waals surface area contributed by atoms with E-state index in [1.807, 2.05) is 0 Å². The third-order valence-corrected chi connectivity index (χ3v) is 5.13. The first-order chi connectivity index (χ1) is 8.03. The molecule has 0 atom stereocenters. The Bertz CT molecular complexity index is 511. The van der Waals surface area contributed by atoms with Gasteiger partial charge >= 0.3 is 0 Å². The zero-order valence-corrected chi connectivity index (χ0v) is 11.6. The Morgan fingerprint density at radius 3 is 2.65 bits per heavy atom. The molecule has 0 aliphatic heterocycles. The largest absolute Gasteiger partial charge is 0.392 e. The van der Waals surface area contributed by atoms with E-state index in [-0.39, 0.29) is 11.5 Å². The first kappa shape index (κ1) is 13.0. The summed E-state index contributed by atoms with van der Waals surface area (Å²) in [5.41, 5.74) is 0.679. The fourth-order valence-corrected chi connectivity index (χ4v) is 3.73. The maximum atomic E-state index is 12.0. The molecule has 0 heterocycles. The van der Waals surface area contributed by atoms with E-state index in [0.717, 1.165) is 12.8 Å². The Labute approximate surface area is 109 Å². The SMILES string of the molecule is O=S(=O)(NCC1CC1)c1ccc(CO)cc1Br. The summed E-state index contributed by atoms with van der Waals surface area (Å²) < 4.78 is 27.0. The monoisotopic (exact) mass is 319 g/mol. The average molecular weight is 320 g/mol. The quantitative estimate of drug-likeness (QED) is 0.866. The van der Waals surface area contributed by atoms with Gasteiger partial charge in [0.2, 0.25) is 10.0 Å². The number of nitrogens with one attached hydrogen (secondary N) is 1. The number of benzene rings is 1. The second-order valence-corrected chi connectivity index (χ2v) is 6.81. The molecule has 1 aliphatic carbocycles. The van der Waals surface area contributed by atoms with Crippen LogP contribution in [0.25, 0.3) is 0 Å². The highest BCUT2D eigenvalue weighted by molar-refractivity contribution is 9.10. The molecule has 1 aromatic carbocycles. The van der Waals surface area contributed by atoms with E-state index in [1.54, 1.807) is 12.1 Å². The van der Waals surface area contributed by atoms with Crippen molar-refractivity contribution in [2.45, 2.75) is 24.3 Å². The summed E-state index contributed by atoms with van der Waals surface area (Å²) in [5.74, 6) is 0.500. The molecule has 0 spiro atoms. The Morgan fingerprint density at radius 2 is 2.12 bits per heavy atom. The van der Waals surface area contributed by atoms with Gasteiger partial charge in [-0.2, -0.15) is 0 Å². The number of aliphatic hydroxyl groups excluding tert-OH is 1. The number of rotatable bonds is 5. The zero-order valence-electron chi connectivity index (χ0n) is 9.19. The lowest BCUT2D eigenvalue weighted by atomic mass is 10.2. The van der Waals surface area contributed by atoms with E-state index in [1.165, 1.54) is 6.07 Å². The van der Waals surface area contributed by atoms with Crippen molar-refractivity contribution in [3.63, 3.8) is 0 Å². The number of sulfonamides is 1. The molecule has 0 radical (unpaired) electrons. The molecule has 1 aliphatic rings. The first-order valence-electron chi connectivity index (χ1n) is 5.42. The maximum Gasteiger partial charge on any atom is 0.241 e. The summed E-state index contributed by atoms with van der Waals surface area (Å²) in [5, 5.41) is 8.95. The number of halogens is 1. The predicted octanol–water partition coefficient (Wildman–Crippen LogP) is 1.63. The zero-order chi connectivity index (χ0) is 12.5. The molecule has 1 fully saturated rings. The summed E-state index contributed by atoms with van der Waals surface area (Å²) in [6.45, 7) is 0.408. The Kier molecular flexibility index (Phi) is 3.87. The first-order valence-corrected chi connectivity index (χ1v) is 7.69. The van der Waals surface area contributed by atoms with Gasteiger partial charge in [-0.3, -0.25) is 0 Å². The molecule has 1 aromatic rings. The minimum atomic E-state index is -3.45. The Balaban J connectivity index is 2.19. The third-order valence-electron chi connectivity index (χ3n) is 2.73. The molecule has 1 saturated carbocycles. The van der Waals surface area contributed by atoms with Crippen LogP contribution < -0.4 is 4.72 Å². The van der Waals surface area contributed by atoms with Crippen LogP contribution in [0.5, 0.6) is 0 Å². The van der Waals surface area contributed by atoms with Gasteiger partial charge < -0.3 is 5.11 Å². The van der Waals surface area contributed by atoms with Gasteiger partial charge in [0, 0.05) is 11.0 Å². The smallest absolute Gasteiger partial charge is 0.241 e. The normalized spacial score (nSPS) is 16.1. The lowest BCUT2D eigenvalue weighted by Crippen LogP contribution is -2.26. The van der Waals surface area contributed by atoms with E-state index >= 15 is 0 Å². The van der Waals surface area contributed by atoms with E-state index in [9.17, 15) is 8.42 Å². The van der Waals surface area contributed by atoms with Gasteiger partial charge in [0.05, 0.1) is 11.5 Å². The van der Waals surface area contributed by atoms with E-state index in [4.69, 9.17) is 5.11 Å². The van der Waals surface area contributed by atoms with Gasteiger partial charge in [-0.1, -0.05) is 6.07 Å². The molecule has 94 valence electrons. The van der Waals surface area contributed by atoms with Gasteiger partial charge in [0.15, 0.2) is 0 Å². The third kappa shape index (κ3) is 3.28. The van der Waals surface area contributed by atoms with Crippen molar-refractivity contribution >= 4 is 26.0 Å². The van der Waals surface area contributed by atoms with Crippen LogP contribution in [0.15, 0.2) is 27.6 Å². The molecular formula is C11H14BrNO3S. The predicted molar refractivity (Wildman–Crippen MR) is 68.0 cm³/mol. The van der Waals surface area contributed by atoms with Gasteiger partial charge in [-0.05, 0) is 52.4 Å². The summed E-state index contributed by atoms with van der Waals surface area (Å²) in [6, 6.07) is 4.73. The van der Waals surface area contributed by atoms with Crippen LogP contribution >= 0.6 is 15.9 Å². The minimum absolute atomic E-state index is 0.103. The van der Waals surface area contributed by atoms with Gasteiger partial charge in [-0.25, -0.2) is 13.1 Å². The van der Waals surface area contributed by atoms with Crippen LogP contribution in [0, 0.1) is 5.92 Å². The highest BCUT2D eigenvalue weighted by Gasteiger charge is 2.25. The maximum absolute atomic E-state index is 12.0. The van der Waals surface area contributed by atoms with Crippen LogP contribution in [0.2, 0.25) is 0 Å². The summed E-state index contributed by atoms with van der Waals surface area (Å²) >= 11 is 3.22. The highest BCUT2D eigenvalue weighted by atomic mass is 79.9. The molecule has 0 aromatic heterocycles. The molecule has 6 heteroatoms. The summed E-state index contributed by atoms with van der Waals surface area (Å²) in [7, 11) is -3.45. The number of aliphatic hydroxyl groups is 1. The lowest BCUT2D eigenvalue weighted by Gasteiger charge is -2.08. The van der Waals surface area contributed by atoms with E-state index < -0.39 is 10.0 Å². The molecule has 4 nitrogen and oxygen atoms in total. The van der Waals surface area contributed by atoms with E-state index in [0.29, 0.717) is 22.5 Å². The topological polar surface area (TPSA) is 66.4 Å². The standard InChI is InChI=1S/C11H14BrNO3S/c12-10-5-9(7-14)3-4-11(10)17(15,16)13-6-8-1-2-8/h3-5,8,13-14H,1-2,6-7H2. The average Bonchev–Trinajstić information content (AvgIpc) is 3.09. The van der Waals surface area contributed by atoms with Crippen molar-refractivity contribution in [3.8, 4) is 0 Å². The molecule has 2 N–H and O–H groups in total. The molecule has 17 heavy (non-hydrogen) atoms. The molecule has 0 unspecified atom stereocenters. The molecule has 2 rings (SSSR count). The van der Waals surface area contributed by atoms with Gasteiger partial charge in [0.25, 0.3) is 0 Å². The van der Waals surface area contributed by atoms with Crippen LogP contribution in [0.3, 0.4) is 0 Å². The molecule has 0 saturated heterocycles. The van der Waals surface area contributed by atoms with Crippen LogP contribution in [-0.2, 0) is 16.6 Å². The number of hydrogen-bond donors (Lipinski definition) is 2. The van der Waals surface area contributed by atoms with Gasteiger partial charge in [0.1, 0.15) is 0 Å². The van der Waals surface area contributed by atoms with Crippen molar-refractivity contribution in [3.05, 3.63) is 28.2 Å². The fraction of sp³-hybridized carbons (Fsp3) is 0.455. The van der Waals surface area contributed by atoms with Crippen molar-refractivity contribution < 1.29 is 13.5 Å². The summed E-state index contributed by atoms with van der Waals surface area (Å²) in [4.78, 5) is 0.218. The van der Waals surface area contributed by atoms with Crippen LogP contribution in [0.4, 0.5) is 0 Å². The second kappa shape index (κ2) is 5.06. The fourth-order valence-electron chi connectivity index (χ4n) is 1.49. The van der Waals surface area contributed by atoms with Crippen LogP contribution in [0.1, 0.15) is 18.4 Å². The Hall–Kier alpha value is -0.430.